The van der Waals surface area contributed by atoms with Crippen LogP contribution in [0.1, 0.15) is 26.7 Å². The van der Waals surface area contributed by atoms with Gasteiger partial charge in [-0.1, -0.05) is 18.6 Å². The van der Waals surface area contributed by atoms with Crippen LogP contribution in [0.5, 0.6) is 0 Å². The van der Waals surface area contributed by atoms with Gasteiger partial charge in [-0.25, -0.2) is 0 Å². The average molecular weight is 126 g/mol. The van der Waals surface area contributed by atoms with Crippen molar-refractivity contribution in [2.45, 2.75) is 32.8 Å². The molecule has 0 aromatic carbocycles. The van der Waals surface area contributed by atoms with Crippen molar-refractivity contribution in [2.24, 2.45) is 5.92 Å². The Labute approximate surface area is 56.4 Å². The highest BCUT2D eigenvalue weighted by atomic mass is 16.3. The molecule has 2 atom stereocenters. The second-order valence-corrected chi connectivity index (χ2v) is 3.13. The number of hydrogen-bond donors (Lipinski definition) is 1. The number of rotatable bonds is 0. The molecule has 9 heavy (non-hydrogen) atoms. The monoisotopic (exact) mass is 126 g/mol. The summed E-state index contributed by atoms with van der Waals surface area (Å²) in [4.78, 5) is 0. The van der Waals surface area contributed by atoms with Gasteiger partial charge in [0.1, 0.15) is 0 Å². The van der Waals surface area contributed by atoms with Gasteiger partial charge in [-0.2, -0.15) is 0 Å². The third-order valence-corrected chi connectivity index (χ3v) is 1.79. The van der Waals surface area contributed by atoms with E-state index < -0.39 is 0 Å². The highest BCUT2D eigenvalue weighted by Crippen LogP contribution is 2.22. The normalized spacial score (nSPS) is 36.1. The van der Waals surface area contributed by atoms with Gasteiger partial charge in [-0.05, 0) is 25.7 Å². The van der Waals surface area contributed by atoms with Crippen molar-refractivity contribution in [3.8, 4) is 0 Å². The molecule has 0 aromatic heterocycles. The highest BCUT2D eigenvalue weighted by molar-refractivity contribution is 5.06. The van der Waals surface area contributed by atoms with E-state index >= 15 is 0 Å². The van der Waals surface area contributed by atoms with E-state index in [9.17, 15) is 5.11 Å². The minimum Gasteiger partial charge on any atom is -0.389 e. The van der Waals surface area contributed by atoms with Crippen LogP contribution in [0.15, 0.2) is 11.6 Å². The van der Waals surface area contributed by atoms with E-state index in [1.54, 1.807) is 0 Å². The molecule has 1 rings (SSSR count). The zero-order valence-corrected chi connectivity index (χ0v) is 6.09. The molecule has 0 radical (unpaired) electrons. The van der Waals surface area contributed by atoms with Crippen LogP contribution in [0.2, 0.25) is 0 Å². The van der Waals surface area contributed by atoms with Crippen molar-refractivity contribution >= 4 is 0 Å². The van der Waals surface area contributed by atoms with Crippen molar-refractivity contribution in [3.63, 3.8) is 0 Å². The lowest BCUT2D eigenvalue weighted by atomic mass is 9.90. The maximum Gasteiger partial charge on any atom is 0.0726 e. The number of aliphatic hydroxyl groups is 1. The van der Waals surface area contributed by atoms with Gasteiger partial charge in [0.2, 0.25) is 0 Å². The molecule has 1 heteroatoms. The van der Waals surface area contributed by atoms with E-state index in [0.29, 0.717) is 5.92 Å². The van der Waals surface area contributed by atoms with E-state index in [4.69, 9.17) is 0 Å². The summed E-state index contributed by atoms with van der Waals surface area (Å²) >= 11 is 0. The Bertz CT molecular complexity index is 127. The maximum atomic E-state index is 9.17. The maximum absolute atomic E-state index is 9.17. The fraction of sp³-hybridized carbons (Fsp3) is 0.750. The summed E-state index contributed by atoms with van der Waals surface area (Å²) in [5, 5.41) is 9.17. The Morgan fingerprint density at radius 2 is 2.33 bits per heavy atom. The molecule has 0 bridgehead atoms. The summed E-state index contributed by atoms with van der Waals surface area (Å²) < 4.78 is 0. The third kappa shape index (κ3) is 1.83. The quantitative estimate of drug-likeness (QED) is 0.490. The second-order valence-electron chi connectivity index (χ2n) is 3.13. The average Bonchev–Trinajstić information content (AvgIpc) is 1.59. The Balaban J connectivity index is 2.56. The summed E-state index contributed by atoms with van der Waals surface area (Å²) in [7, 11) is 0. The predicted octanol–water partition coefficient (Wildman–Crippen LogP) is 1.72. The van der Waals surface area contributed by atoms with Crippen LogP contribution in [0, 0.1) is 5.92 Å². The fourth-order valence-electron chi connectivity index (χ4n) is 1.51. The molecule has 1 N–H and O–H groups in total. The lowest BCUT2D eigenvalue weighted by Crippen LogP contribution is -2.14. The van der Waals surface area contributed by atoms with Crippen molar-refractivity contribution < 1.29 is 5.11 Å². The molecule has 2 unspecified atom stereocenters. The first-order valence-electron chi connectivity index (χ1n) is 3.54. The Hall–Kier alpha value is -0.300. The van der Waals surface area contributed by atoms with Crippen molar-refractivity contribution in [3.05, 3.63) is 11.6 Å². The zero-order chi connectivity index (χ0) is 6.85. The SMILES string of the molecule is CC1=CC(O)CC(C)C1. The lowest BCUT2D eigenvalue weighted by Gasteiger charge is -2.20. The van der Waals surface area contributed by atoms with Crippen LogP contribution in [0.25, 0.3) is 0 Å². The van der Waals surface area contributed by atoms with E-state index in [2.05, 4.69) is 13.8 Å². The van der Waals surface area contributed by atoms with Gasteiger partial charge in [0.25, 0.3) is 0 Å². The third-order valence-electron chi connectivity index (χ3n) is 1.79. The molecule has 0 saturated carbocycles. The predicted molar refractivity (Wildman–Crippen MR) is 38.2 cm³/mol. The van der Waals surface area contributed by atoms with Crippen LogP contribution < -0.4 is 0 Å². The van der Waals surface area contributed by atoms with Gasteiger partial charge in [-0.15, -0.1) is 0 Å². The van der Waals surface area contributed by atoms with Gasteiger partial charge >= 0.3 is 0 Å². The molecule has 1 aliphatic carbocycles. The van der Waals surface area contributed by atoms with Crippen molar-refractivity contribution in [1.29, 1.82) is 0 Å². The standard InChI is InChI=1S/C8H14O/c1-6-3-7(2)5-8(9)4-6/h4,7-9H,3,5H2,1-2H3. The Morgan fingerprint density at radius 3 is 2.78 bits per heavy atom. The van der Waals surface area contributed by atoms with Gasteiger partial charge in [0, 0.05) is 0 Å². The summed E-state index contributed by atoms with van der Waals surface area (Å²) in [6.45, 7) is 4.26. The van der Waals surface area contributed by atoms with E-state index in [1.807, 2.05) is 6.08 Å². The number of allylic oxidation sites excluding steroid dienone is 1. The molecule has 52 valence electrons. The number of hydrogen-bond acceptors (Lipinski definition) is 1. The molecule has 1 nitrogen and oxygen atoms in total. The lowest BCUT2D eigenvalue weighted by molar-refractivity contribution is 0.180. The first kappa shape index (κ1) is 6.81. The second kappa shape index (κ2) is 2.53. The summed E-state index contributed by atoms with van der Waals surface area (Å²) in [5.74, 6) is 0.671. The van der Waals surface area contributed by atoms with Gasteiger partial charge < -0.3 is 5.11 Å². The summed E-state index contributed by atoms with van der Waals surface area (Å²) in [6.07, 6.45) is 3.89. The van der Waals surface area contributed by atoms with Gasteiger partial charge in [0.05, 0.1) is 6.10 Å². The Morgan fingerprint density at radius 1 is 1.67 bits per heavy atom. The van der Waals surface area contributed by atoms with Crippen molar-refractivity contribution in [2.75, 3.05) is 0 Å². The first-order valence-corrected chi connectivity index (χ1v) is 3.54. The highest BCUT2D eigenvalue weighted by Gasteiger charge is 2.13. The smallest absolute Gasteiger partial charge is 0.0726 e. The first-order chi connectivity index (χ1) is 4.18. The molecule has 1 aliphatic rings. The van der Waals surface area contributed by atoms with Crippen molar-refractivity contribution in [1.82, 2.24) is 0 Å². The van der Waals surface area contributed by atoms with E-state index in [-0.39, 0.29) is 6.10 Å². The minimum absolute atomic E-state index is 0.172. The molecule has 0 fully saturated rings. The number of aliphatic hydroxyl groups excluding tert-OH is 1. The summed E-state index contributed by atoms with van der Waals surface area (Å²) in [6, 6.07) is 0. The topological polar surface area (TPSA) is 20.2 Å². The zero-order valence-electron chi connectivity index (χ0n) is 6.09. The van der Waals surface area contributed by atoms with Crippen LogP contribution in [-0.4, -0.2) is 11.2 Å². The van der Waals surface area contributed by atoms with Crippen LogP contribution in [0.3, 0.4) is 0 Å². The summed E-state index contributed by atoms with van der Waals surface area (Å²) in [5.41, 5.74) is 1.33. The molecule has 0 aliphatic heterocycles. The minimum atomic E-state index is -0.172. The van der Waals surface area contributed by atoms with Crippen LogP contribution in [-0.2, 0) is 0 Å². The molecule has 0 amide bonds. The molecule has 0 heterocycles. The van der Waals surface area contributed by atoms with E-state index in [0.717, 1.165) is 12.8 Å². The Kier molecular flexibility index (Phi) is 1.91. The molecular weight excluding hydrogens is 112 g/mol. The molecule has 0 aromatic rings. The molecule has 0 spiro atoms. The molecule has 0 saturated heterocycles. The van der Waals surface area contributed by atoms with E-state index in [1.165, 1.54) is 5.57 Å². The fourth-order valence-corrected chi connectivity index (χ4v) is 1.51. The van der Waals surface area contributed by atoms with Gasteiger partial charge in [0.15, 0.2) is 0 Å². The largest absolute Gasteiger partial charge is 0.389 e. The van der Waals surface area contributed by atoms with Gasteiger partial charge in [-0.3, -0.25) is 0 Å². The molecular formula is C8H14O. The van der Waals surface area contributed by atoms with Crippen LogP contribution >= 0.6 is 0 Å². The van der Waals surface area contributed by atoms with Crippen LogP contribution in [0.4, 0.5) is 0 Å².